The van der Waals surface area contributed by atoms with Crippen molar-refractivity contribution in [2.24, 2.45) is 7.05 Å². The summed E-state index contributed by atoms with van der Waals surface area (Å²) in [6, 6.07) is 19.9. The standard InChI is InChI=1S/C24H24FN3O2/c1-28-13-12-26-24(28)23(18-8-4-9-19(25)14-18)27-15-20(29)16-30-22-11-5-7-17-6-2-3-10-21(17)22/h2-14,20,23,27,29H,15-16H2,1H3. The van der Waals surface area contributed by atoms with E-state index >= 15 is 0 Å². The molecule has 154 valence electrons. The molecule has 4 rings (SSSR count). The molecule has 2 atom stereocenters. The fourth-order valence-electron chi connectivity index (χ4n) is 3.52. The van der Waals surface area contributed by atoms with E-state index in [0.29, 0.717) is 0 Å². The number of rotatable bonds is 8. The van der Waals surface area contributed by atoms with Crippen molar-refractivity contribution in [3.05, 3.63) is 96.3 Å². The monoisotopic (exact) mass is 405 g/mol. The van der Waals surface area contributed by atoms with Crippen LogP contribution in [0.2, 0.25) is 0 Å². The molecule has 0 amide bonds. The van der Waals surface area contributed by atoms with Crippen LogP contribution in [0.5, 0.6) is 5.75 Å². The molecule has 0 spiro atoms. The van der Waals surface area contributed by atoms with E-state index in [1.54, 1.807) is 12.3 Å². The van der Waals surface area contributed by atoms with E-state index < -0.39 is 6.10 Å². The van der Waals surface area contributed by atoms with Crippen LogP contribution in [0.4, 0.5) is 4.39 Å². The summed E-state index contributed by atoms with van der Waals surface area (Å²) in [5.41, 5.74) is 0.742. The molecule has 2 N–H and O–H groups in total. The van der Waals surface area contributed by atoms with Crippen LogP contribution in [0.1, 0.15) is 17.4 Å². The van der Waals surface area contributed by atoms with E-state index in [1.807, 2.05) is 66.3 Å². The number of halogens is 1. The van der Waals surface area contributed by atoms with Gasteiger partial charge in [-0.1, -0.05) is 48.5 Å². The number of hydrogen-bond donors (Lipinski definition) is 2. The van der Waals surface area contributed by atoms with Crippen molar-refractivity contribution in [2.45, 2.75) is 12.1 Å². The number of nitrogens with one attached hydrogen (secondary N) is 1. The Kier molecular flexibility index (Phi) is 6.07. The predicted octanol–water partition coefficient (Wildman–Crippen LogP) is 3.83. The first kappa shape index (κ1) is 20.1. The Morgan fingerprint density at radius 2 is 1.90 bits per heavy atom. The molecule has 30 heavy (non-hydrogen) atoms. The summed E-state index contributed by atoms with van der Waals surface area (Å²) in [6.07, 6.45) is 2.78. The zero-order chi connectivity index (χ0) is 20.9. The van der Waals surface area contributed by atoms with Crippen molar-refractivity contribution in [1.29, 1.82) is 0 Å². The minimum atomic E-state index is -0.750. The van der Waals surface area contributed by atoms with Crippen molar-refractivity contribution in [3.63, 3.8) is 0 Å². The fraction of sp³-hybridized carbons (Fsp3) is 0.208. The number of aliphatic hydroxyl groups excluding tert-OH is 1. The van der Waals surface area contributed by atoms with Gasteiger partial charge in [-0.25, -0.2) is 9.37 Å². The smallest absolute Gasteiger partial charge is 0.130 e. The number of aryl methyl sites for hydroxylation is 1. The van der Waals surface area contributed by atoms with E-state index in [9.17, 15) is 9.50 Å². The highest BCUT2D eigenvalue weighted by Gasteiger charge is 2.20. The minimum Gasteiger partial charge on any atom is -0.490 e. The second-order valence-electron chi connectivity index (χ2n) is 7.23. The molecular formula is C24H24FN3O2. The van der Waals surface area contributed by atoms with Crippen molar-refractivity contribution >= 4 is 10.8 Å². The van der Waals surface area contributed by atoms with E-state index in [0.717, 1.165) is 27.9 Å². The number of benzene rings is 3. The maximum absolute atomic E-state index is 13.8. The summed E-state index contributed by atoms with van der Waals surface area (Å²) in [7, 11) is 1.89. The van der Waals surface area contributed by atoms with E-state index in [4.69, 9.17) is 4.74 Å². The number of fused-ring (bicyclic) bond motifs is 1. The molecule has 2 unspecified atom stereocenters. The zero-order valence-corrected chi connectivity index (χ0v) is 16.7. The van der Waals surface area contributed by atoms with E-state index in [-0.39, 0.29) is 25.0 Å². The van der Waals surface area contributed by atoms with Crippen molar-refractivity contribution in [1.82, 2.24) is 14.9 Å². The molecule has 0 fully saturated rings. The molecule has 0 aliphatic carbocycles. The van der Waals surface area contributed by atoms with E-state index in [2.05, 4.69) is 10.3 Å². The van der Waals surface area contributed by atoms with Gasteiger partial charge in [-0.05, 0) is 29.1 Å². The quantitative estimate of drug-likeness (QED) is 0.468. The fourth-order valence-corrected chi connectivity index (χ4v) is 3.52. The van der Waals surface area contributed by atoms with Crippen LogP contribution in [0.3, 0.4) is 0 Å². The zero-order valence-electron chi connectivity index (χ0n) is 16.7. The molecule has 1 aromatic heterocycles. The Labute approximate surface area is 174 Å². The van der Waals surface area contributed by atoms with Gasteiger partial charge in [0, 0.05) is 31.4 Å². The largest absolute Gasteiger partial charge is 0.490 e. The summed E-state index contributed by atoms with van der Waals surface area (Å²) in [5, 5.41) is 15.9. The highest BCUT2D eigenvalue weighted by molar-refractivity contribution is 5.88. The third-order valence-corrected chi connectivity index (χ3v) is 5.04. The molecule has 0 radical (unpaired) electrons. The maximum atomic E-state index is 13.8. The van der Waals surface area contributed by atoms with Crippen molar-refractivity contribution in [2.75, 3.05) is 13.2 Å². The Hall–Kier alpha value is -3.22. The summed E-state index contributed by atoms with van der Waals surface area (Å²) < 4.78 is 21.5. The Morgan fingerprint density at radius 1 is 1.10 bits per heavy atom. The summed E-state index contributed by atoms with van der Waals surface area (Å²) in [4.78, 5) is 4.39. The van der Waals surface area contributed by atoms with Crippen LogP contribution in [-0.4, -0.2) is 33.9 Å². The van der Waals surface area contributed by atoms with Gasteiger partial charge in [0.15, 0.2) is 0 Å². The molecule has 0 aliphatic heterocycles. The Bertz CT molecular complexity index is 1120. The number of aliphatic hydroxyl groups is 1. The molecule has 6 heteroatoms. The average molecular weight is 405 g/mol. The maximum Gasteiger partial charge on any atom is 0.130 e. The topological polar surface area (TPSA) is 59.3 Å². The van der Waals surface area contributed by atoms with Crippen LogP contribution in [0.25, 0.3) is 10.8 Å². The first-order valence-electron chi connectivity index (χ1n) is 9.86. The van der Waals surface area contributed by atoms with Crippen LogP contribution < -0.4 is 10.1 Å². The van der Waals surface area contributed by atoms with Crippen molar-refractivity contribution < 1.29 is 14.2 Å². The minimum absolute atomic E-state index is 0.136. The first-order chi connectivity index (χ1) is 14.6. The molecule has 0 aliphatic rings. The van der Waals surface area contributed by atoms with Gasteiger partial charge in [0.1, 0.15) is 30.1 Å². The third-order valence-electron chi connectivity index (χ3n) is 5.04. The molecule has 0 saturated carbocycles. The van der Waals surface area contributed by atoms with Gasteiger partial charge in [-0.3, -0.25) is 0 Å². The van der Waals surface area contributed by atoms with Gasteiger partial charge in [0.05, 0.1) is 6.04 Å². The second kappa shape index (κ2) is 9.07. The van der Waals surface area contributed by atoms with Crippen LogP contribution in [0.15, 0.2) is 79.1 Å². The average Bonchev–Trinajstić information content (AvgIpc) is 3.18. The summed E-state index contributed by atoms with van der Waals surface area (Å²) in [6.45, 7) is 0.399. The van der Waals surface area contributed by atoms with Gasteiger partial charge in [-0.15, -0.1) is 0 Å². The number of hydrogen-bond acceptors (Lipinski definition) is 4. The summed E-state index contributed by atoms with van der Waals surface area (Å²) in [5.74, 6) is 1.16. The van der Waals surface area contributed by atoms with Crippen LogP contribution in [-0.2, 0) is 7.05 Å². The predicted molar refractivity (Wildman–Crippen MR) is 115 cm³/mol. The van der Waals surface area contributed by atoms with Gasteiger partial charge in [0.2, 0.25) is 0 Å². The van der Waals surface area contributed by atoms with Gasteiger partial charge >= 0.3 is 0 Å². The van der Waals surface area contributed by atoms with Crippen LogP contribution in [0, 0.1) is 5.82 Å². The first-order valence-corrected chi connectivity index (χ1v) is 9.86. The molecule has 3 aromatic carbocycles. The molecule has 5 nitrogen and oxygen atoms in total. The Balaban J connectivity index is 1.44. The second-order valence-corrected chi connectivity index (χ2v) is 7.23. The molecule has 4 aromatic rings. The molecule has 0 saturated heterocycles. The lowest BCUT2D eigenvalue weighted by molar-refractivity contribution is 0.105. The normalized spacial score (nSPS) is 13.3. The van der Waals surface area contributed by atoms with Crippen molar-refractivity contribution in [3.8, 4) is 5.75 Å². The molecule has 0 bridgehead atoms. The van der Waals surface area contributed by atoms with Gasteiger partial charge in [-0.2, -0.15) is 0 Å². The SMILES string of the molecule is Cn1ccnc1C(NCC(O)COc1cccc2ccccc12)c1cccc(F)c1. The number of aromatic nitrogens is 2. The lowest BCUT2D eigenvalue weighted by Gasteiger charge is -2.21. The number of imidazole rings is 1. The highest BCUT2D eigenvalue weighted by Crippen LogP contribution is 2.25. The Morgan fingerprint density at radius 3 is 2.70 bits per heavy atom. The highest BCUT2D eigenvalue weighted by atomic mass is 19.1. The van der Waals surface area contributed by atoms with Crippen LogP contribution >= 0.6 is 0 Å². The molecular weight excluding hydrogens is 381 g/mol. The third kappa shape index (κ3) is 4.50. The summed E-state index contributed by atoms with van der Waals surface area (Å²) >= 11 is 0. The van der Waals surface area contributed by atoms with Gasteiger partial charge in [0.25, 0.3) is 0 Å². The number of nitrogens with zero attached hydrogens (tertiary/aromatic N) is 2. The van der Waals surface area contributed by atoms with E-state index in [1.165, 1.54) is 12.1 Å². The van der Waals surface area contributed by atoms with Gasteiger partial charge < -0.3 is 19.7 Å². The number of ether oxygens (including phenoxy) is 1. The molecule has 1 heterocycles. The lowest BCUT2D eigenvalue weighted by atomic mass is 10.1. The lowest BCUT2D eigenvalue weighted by Crippen LogP contribution is -2.35.